The number of amides is 2. The molecule has 0 N–H and O–H groups in total. The van der Waals surface area contributed by atoms with Gasteiger partial charge in [-0.3, -0.25) is 14.4 Å². The van der Waals surface area contributed by atoms with Crippen molar-refractivity contribution in [2.75, 3.05) is 4.90 Å². The first-order chi connectivity index (χ1) is 13.5. The molecule has 0 bridgehead atoms. The maximum absolute atomic E-state index is 13.5. The van der Waals surface area contributed by atoms with Crippen molar-refractivity contribution in [3.05, 3.63) is 70.3 Å². The van der Waals surface area contributed by atoms with Crippen LogP contribution in [0.2, 0.25) is 0 Å². The largest absolute Gasteiger partial charge is 0.359 e. The molecular weight excluding hydrogens is 420 g/mol. The van der Waals surface area contributed by atoms with Crippen LogP contribution in [0.4, 0.5) is 5.69 Å². The molecule has 0 saturated carbocycles. The van der Waals surface area contributed by atoms with E-state index in [2.05, 4.69) is 15.9 Å². The number of imide groups is 1. The standard InChI is InChI=1S/C22H17BrN2O3/c1-12(26)19-17-18(20-16-8-3-2-5-13(16)9-10-24(19)20)22(28)25(21(17)27)15-7-4-6-14(23)11-15/h2-11,17-20H,1H3/t17-,18+,19-,20?/m1/s1. The van der Waals surface area contributed by atoms with Gasteiger partial charge in [0.15, 0.2) is 5.78 Å². The minimum Gasteiger partial charge on any atom is -0.359 e. The van der Waals surface area contributed by atoms with Gasteiger partial charge in [-0.15, -0.1) is 0 Å². The summed E-state index contributed by atoms with van der Waals surface area (Å²) in [5.41, 5.74) is 2.54. The van der Waals surface area contributed by atoms with Crippen molar-refractivity contribution < 1.29 is 14.4 Å². The fraction of sp³-hybridized carbons (Fsp3) is 0.227. The molecule has 0 aromatic heterocycles. The fourth-order valence-electron chi connectivity index (χ4n) is 4.89. The molecule has 3 aliphatic rings. The number of halogens is 1. The molecule has 2 amide bonds. The van der Waals surface area contributed by atoms with Crippen LogP contribution in [-0.2, 0) is 14.4 Å². The van der Waals surface area contributed by atoms with Gasteiger partial charge in [0.25, 0.3) is 0 Å². The number of nitrogens with zero attached hydrogens (tertiary/aromatic N) is 2. The molecule has 2 fully saturated rings. The SMILES string of the molecule is CC(=O)[C@@H]1[C@@H]2C(=O)N(c3cccc(Br)c3)C(=O)[C@@H]2C2c3ccccc3C=CN21. The van der Waals surface area contributed by atoms with Crippen LogP contribution >= 0.6 is 15.9 Å². The van der Waals surface area contributed by atoms with E-state index in [4.69, 9.17) is 0 Å². The number of carbonyl (C=O) groups is 3. The molecule has 2 saturated heterocycles. The van der Waals surface area contributed by atoms with Crippen LogP contribution in [0.15, 0.2) is 59.2 Å². The van der Waals surface area contributed by atoms with Gasteiger partial charge in [-0.2, -0.15) is 0 Å². The Balaban J connectivity index is 1.66. The topological polar surface area (TPSA) is 57.7 Å². The summed E-state index contributed by atoms with van der Waals surface area (Å²) in [6.45, 7) is 1.50. The summed E-state index contributed by atoms with van der Waals surface area (Å²) < 4.78 is 0.790. The highest BCUT2D eigenvalue weighted by molar-refractivity contribution is 9.10. The molecule has 5 rings (SSSR count). The third-order valence-electron chi connectivity index (χ3n) is 5.94. The highest BCUT2D eigenvalue weighted by atomic mass is 79.9. The molecule has 5 nitrogen and oxygen atoms in total. The first-order valence-electron chi connectivity index (χ1n) is 9.17. The molecule has 4 atom stereocenters. The van der Waals surface area contributed by atoms with E-state index in [0.717, 1.165) is 15.6 Å². The summed E-state index contributed by atoms with van der Waals surface area (Å²) in [7, 11) is 0. The highest BCUT2D eigenvalue weighted by Crippen LogP contribution is 2.53. The molecule has 28 heavy (non-hydrogen) atoms. The highest BCUT2D eigenvalue weighted by Gasteiger charge is 2.63. The summed E-state index contributed by atoms with van der Waals surface area (Å²) in [6.07, 6.45) is 3.81. The van der Waals surface area contributed by atoms with Gasteiger partial charge in [-0.05, 0) is 42.3 Å². The number of hydrogen-bond acceptors (Lipinski definition) is 4. The maximum Gasteiger partial charge on any atom is 0.240 e. The Morgan fingerprint density at radius 2 is 1.75 bits per heavy atom. The normalized spacial score (nSPS) is 27.6. The smallest absolute Gasteiger partial charge is 0.240 e. The Kier molecular flexibility index (Phi) is 3.81. The van der Waals surface area contributed by atoms with E-state index in [1.807, 2.05) is 47.5 Å². The first-order valence-corrected chi connectivity index (χ1v) is 9.97. The lowest BCUT2D eigenvalue weighted by atomic mass is 9.84. The number of carbonyl (C=O) groups excluding carboxylic acids is 3. The van der Waals surface area contributed by atoms with Crippen LogP contribution < -0.4 is 4.90 Å². The summed E-state index contributed by atoms with van der Waals surface area (Å²) in [5, 5.41) is 0. The first kappa shape index (κ1) is 17.4. The summed E-state index contributed by atoms with van der Waals surface area (Å²) in [5.74, 6) is -1.89. The lowest BCUT2D eigenvalue weighted by Gasteiger charge is -2.34. The third-order valence-corrected chi connectivity index (χ3v) is 6.44. The molecule has 2 aromatic rings. The summed E-state index contributed by atoms with van der Waals surface area (Å²) >= 11 is 3.40. The lowest BCUT2D eigenvalue weighted by molar-refractivity contribution is -0.129. The van der Waals surface area contributed by atoms with Crippen LogP contribution in [0.5, 0.6) is 0 Å². The van der Waals surface area contributed by atoms with Crippen molar-refractivity contribution in [3.63, 3.8) is 0 Å². The van der Waals surface area contributed by atoms with E-state index in [0.29, 0.717) is 5.69 Å². The lowest BCUT2D eigenvalue weighted by Crippen LogP contribution is -2.43. The van der Waals surface area contributed by atoms with Crippen molar-refractivity contribution in [2.24, 2.45) is 11.8 Å². The van der Waals surface area contributed by atoms with E-state index >= 15 is 0 Å². The average molecular weight is 437 g/mol. The number of Topliss-reactive ketones (excluding diaryl/α,β-unsaturated/α-hetero) is 1. The van der Waals surface area contributed by atoms with E-state index in [1.54, 1.807) is 18.2 Å². The molecule has 0 radical (unpaired) electrons. The Morgan fingerprint density at radius 1 is 1.00 bits per heavy atom. The van der Waals surface area contributed by atoms with Gasteiger partial charge in [-0.1, -0.05) is 46.3 Å². The van der Waals surface area contributed by atoms with Crippen LogP contribution in [-0.4, -0.2) is 28.5 Å². The van der Waals surface area contributed by atoms with Crippen molar-refractivity contribution in [1.82, 2.24) is 4.90 Å². The molecular formula is C22H17BrN2O3. The zero-order valence-corrected chi connectivity index (χ0v) is 16.7. The molecule has 6 heteroatoms. The van der Waals surface area contributed by atoms with Crippen LogP contribution in [0.25, 0.3) is 6.08 Å². The van der Waals surface area contributed by atoms with Crippen LogP contribution in [0, 0.1) is 11.8 Å². The molecule has 0 aliphatic carbocycles. The Labute approximate surface area is 170 Å². The molecule has 0 spiro atoms. The van der Waals surface area contributed by atoms with Crippen molar-refractivity contribution in [3.8, 4) is 0 Å². The van der Waals surface area contributed by atoms with Crippen molar-refractivity contribution in [1.29, 1.82) is 0 Å². The number of rotatable bonds is 2. The van der Waals surface area contributed by atoms with Gasteiger partial charge in [0, 0.05) is 10.7 Å². The van der Waals surface area contributed by atoms with Gasteiger partial charge in [0.05, 0.1) is 29.6 Å². The Morgan fingerprint density at radius 3 is 2.50 bits per heavy atom. The van der Waals surface area contributed by atoms with Crippen LogP contribution in [0.3, 0.4) is 0 Å². The maximum atomic E-state index is 13.5. The second kappa shape index (κ2) is 6.14. The quantitative estimate of drug-likeness (QED) is 0.675. The van der Waals surface area contributed by atoms with E-state index < -0.39 is 17.9 Å². The van der Waals surface area contributed by atoms with Gasteiger partial charge in [-0.25, -0.2) is 4.90 Å². The minimum absolute atomic E-state index is 0.0984. The molecule has 1 unspecified atom stereocenters. The predicted octanol–water partition coefficient (Wildman–Crippen LogP) is 3.55. The Hall–Kier alpha value is -2.73. The number of hydrogen-bond donors (Lipinski definition) is 0. The van der Waals surface area contributed by atoms with E-state index in [1.165, 1.54) is 11.8 Å². The molecule has 3 heterocycles. The zero-order chi connectivity index (χ0) is 19.6. The number of benzene rings is 2. The second-order valence-corrected chi connectivity index (χ2v) is 8.35. The molecule has 3 aliphatic heterocycles. The monoisotopic (exact) mass is 436 g/mol. The van der Waals surface area contributed by atoms with E-state index in [-0.39, 0.29) is 23.6 Å². The Bertz CT molecular complexity index is 1060. The van der Waals surface area contributed by atoms with Crippen LogP contribution in [0.1, 0.15) is 24.1 Å². The number of anilines is 1. The number of fused-ring (bicyclic) bond motifs is 5. The summed E-state index contributed by atoms with van der Waals surface area (Å²) in [4.78, 5) is 42.5. The van der Waals surface area contributed by atoms with Gasteiger partial charge < -0.3 is 4.90 Å². The van der Waals surface area contributed by atoms with Crippen molar-refractivity contribution in [2.45, 2.75) is 19.0 Å². The van der Waals surface area contributed by atoms with Gasteiger partial charge >= 0.3 is 0 Å². The minimum atomic E-state index is -0.676. The molecule has 2 aromatic carbocycles. The van der Waals surface area contributed by atoms with Gasteiger partial charge in [0.1, 0.15) is 0 Å². The average Bonchev–Trinajstić information content (AvgIpc) is 3.15. The zero-order valence-electron chi connectivity index (χ0n) is 15.1. The third kappa shape index (κ3) is 2.27. The number of ketones is 1. The predicted molar refractivity (Wildman–Crippen MR) is 108 cm³/mol. The van der Waals surface area contributed by atoms with Gasteiger partial charge in [0.2, 0.25) is 11.8 Å². The second-order valence-electron chi connectivity index (χ2n) is 7.44. The summed E-state index contributed by atoms with van der Waals surface area (Å²) in [6, 6.07) is 14.1. The molecule has 140 valence electrons. The fourth-order valence-corrected chi connectivity index (χ4v) is 5.28. The van der Waals surface area contributed by atoms with Crippen molar-refractivity contribution >= 4 is 45.3 Å². The van der Waals surface area contributed by atoms with E-state index in [9.17, 15) is 14.4 Å².